The number of carbonyl (C=O) groups is 1. The molecule has 0 N–H and O–H groups in total. The summed E-state index contributed by atoms with van der Waals surface area (Å²) in [5, 5.41) is 0.457. The molecule has 0 spiro atoms. The summed E-state index contributed by atoms with van der Waals surface area (Å²) in [7, 11) is 0. The van der Waals surface area contributed by atoms with Crippen LogP contribution >= 0.6 is 11.6 Å². The van der Waals surface area contributed by atoms with Gasteiger partial charge >= 0.3 is 0 Å². The maximum absolute atomic E-state index is 12.3. The van der Waals surface area contributed by atoms with Crippen LogP contribution in [0.5, 0.6) is 11.5 Å². The Kier molecular flexibility index (Phi) is 4.59. The van der Waals surface area contributed by atoms with Crippen molar-refractivity contribution in [2.75, 3.05) is 0 Å². The molecule has 3 nitrogen and oxygen atoms in total. The molecule has 0 aliphatic heterocycles. The number of hydrogen-bond acceptors (Lipinski definition) is 3. The van der Waals surface area contributed by atoms with Crippen molar-refractivity contribution in [3.8, 4) is 11.5 Å². The largest absolute Gasteiger partial charge is 0.490 e. The van der Waals surface area contributed by atoms with Crippen molar-refractivity contribution < 1.29 is 14.3 Å². The first kappa shape index (κ1) is 15.2. The fraction of sp³-hybridized carbons (Fsp3) is 0.562. The van der Waals surface area contributed by atoms with E-state index in [1.807, 2.05) is 27.7 Å². The number of rotatable bonds is 6. The number of ketones is 1. The van der Waals surface area contributed by atoms with Crippen LogP contribution < -0.4 is 9.47 Å². The highest BCUT2D eigenvalue weighted by Crippen LogP contribution is 2.39. The van der Waals surface area contributed by atoms with E-state index in [-0.39, 0.29) is 23.9 Å². The zero-order chi connectivity index (χ0) is 14.9. The maximum atomic E-state index is 12.3. The van der Waals surface area contributed by atoms with Gasteiger partial charge in [-0.2, -0.15) is 0 Å². The van der Waals surface area contributed by atoms with Crippen molar-refractivity contribution in [1.82, 2.24) is 0 Å². The van der Waals surface area contributed by atoms with Crippen LogP contribution in [-0.2, 0) is 0 Å². The summed E-state index contributed by atoms with van der Waals surface area (Å²) in [6, 6.07) is 3.41. The summed E-state index contributed by atoms with van der Waals surface area (Å²) in [5.41, 5.74) is 0.572. The molecular weight excluding hydrogens is 276 g/mol. The van der Waals surface area contributed by atoms with Crippen LogP contribution in [0.1, 0.15) is 50.9 Å². The monoisotopic (exact) mass is 296 g/mol. The van der Waals surface area contributed by atoms with E-state index in [1.54, 1.807) is 12.1 Å². The van der Waals surface area contributed by atoms with E-state index in [2.05, 4.69) is 0 Å². The molecule has 0 atom stereocenters. The molecule has 2 rings (SSSR count). The van der Waals surface area contributed by atoms with E-state index in [1.165, 1.54) is 0 Å². The lowest BCUT2D eigenvalue weighted by molar-refractivity contribution is 0.0961. The number of carbonyl (C=O) groups excluding carboxylic acids is 1. The van der Waals surface area contributed by atoms with Crippen molar-refractivity contribution in [3.05, 3.63) is 22.7 Å². The second-order valence-electron chi connectivity index (χ2n) is 5.75. The molecule has 0 heterocycles. The summed E-state index contributed by atoms with van der Waals surface area (Å²) in [5.74, 6) is 1.39. The van der Waals surface area contributed by atoms with Crippen LogP contribution in [0.15, 0.2) is 12.1 Å². The molecular formula is C16H21ClO3. The van der Waals surface area contributed by atoms with Crippen LogP contribution in [0.25, 0.3) is 0 Å². The molecule has 110 valence electrons. The smallest absolute Gasteiger partial charge is 0.169 e. The van der Waals surface area contributed by atoms with Gasteiger partial charge in [-0.15, -0.1) is 0 Å². The predicted molar refractivity (Wildman–Crippen MR) is 80.0 cm³/mol. The molecule has 1 aliphatic carbocycles. The molecule has 20 heavy (non-hydrogen) atoms. The van der Waals surface area contributed by atoms with Crippen LogP contribution in [0.3, 0.4) is 0 Å². The zero-order valence-electron chi connectivity index (χ0n) is 12.4. The first-order valence-corrected chi connectivity index (χ1v) is 7.47. The number of Topliss-reactive ketones (excluding diaryl/α,β-unsaturated/α-hetero) is 1. The van der Waals surface area contributed by atoms with Gasteiger partial charge in [-0.05, 0) is 46.6 Å². The molecule has 0 bridgehead atoms. The van der Waals surface area contributed by atoms with Gasteiger partial charge in [-0.1, -0.05) is 11.6 Å². The van der Waals surface area contributed by atoms with E-state index in [0.29, 0.717) is 22.1 Å². The Bertz CT molecular complexity index is 505. The van der Waals surface area contributed by atoms with Gasteiger partial charge in [-0.25, -0.2) is 0 Å². The Morgan fingerprint density at radius 3 is 2.15 bits per heavy atom. The molecule has 1 fully saturated rings. The third-order valence-electron chi connectivity index (χ3n) is 2.97. The van der Waals surface area contributed by atoms with Gasteiger partial charge in [0, 0.05) is 12.0 Å². The Morgan fingerprint density at radius 2 is 1.65 bits per heavy atom. The first-order chi connectivity index (χ1) is 9.38. The molecule has 0 amide bonds. The van der Waals surface area contributed by atoms with Gasteiger partial charge in [0.1, 0.15) is 11.5 Å². The summed E-state index contributed by atoms with van der Waals surface area (Å²) in [4.78, 5) is 12.3. The van der Waals surface area contributed by atoms with E-state index in [4.69, 9.17) is 21.1 Å². The number of benzene rings is 1. The highest BCUT2D eigenvalue weighted by molar-refractivity contribution is 6.32. The van der Waals surface area contributed by atoms with Gasteiger partial charge in [-0.3, -0.25) is 4.79 Å². The summed E-state index contributed by atoms with van der Waals surface area (Å²) < 4.78 is 11.4. The first-order valence-electron chi connectivity index (χ1n) is 7.09. The Labute approximate surface area is 125 Å². The zero-order valence-corrected chi connectivity index (χ0v) is 13.2. The highest BCUT2D eigenvalue weighted by atomic mass is 35.5. The third kappa shape index (κ3) is 3.66. The molecule has 4 heteroatoms. The lowest BCUT2D eigenvalue weighted by Crippen LogP contribution is -2.12. The Morgan fingerprint density at radius 1 is 1.10 bits per heavy atom. The lowest BCUT2D eigenvalue weighted by atomic mass is 10.1. The Hall–Kier alpha value is -1.22. The summed E-state index contributed by atoms with van der Waals surface area (Å²) in [6.45, 7) is 7.73. The normalized spacial score (nSPS) is 14.8. The fourth-order valence-corrected chi connectivity index (χ4v) is 2.20. The van der Waals surface area contributed by atoms with Crippen LogP contribution in [0.4, 0.5) is 0 Å². The quantitative estimate of drug-likeness (QED) is 0.725. The minimum Gasteiger partial charge on any atom is -0.490 e. The fourth-order valence-electron chi connectivity index (χ4n) is 1.99. The number of hydrogen-bond donors (Lipinski definition) is 0. The average molecular weight is 297 g/mol. The van der Waals surface area contributed by atoms with Gasteiger partial charge in [0.2, 0.25) is 0 Å². The minimum atomic E-state index is -0.00571. The standard InChI is InChI=1S/C16H21ClO3/c1-9(2)19-14-8-15(20-10(3)4)13(17)7-12(14)16(18)11-5-6-11/h7-11H,5-6H2,1-4H3. The molecule has 1 saturated carbocycles. The molecule has 0 saturated heterocycles. The van der Waals surface area contributed by atoms with Crippen molar-refractivity contribution in [2.45, 2.75) is 52.7 Å². The van der Waals surface area contributed by atoms with E-state index in [0.717, 1.165) is 12.8 Å². The van der Waals surface area contributed by atoms with E-state index in [9.17, 15) is 4.79 Å². The van der Waals surface area contributed by atoms with Crippen LogP contribution in [-0.4, -0.2) is 18.0 Å². The third-order valence-corrected chi connectivity index (χ3v) is 3.27. The second kappa shape index (κ2) is 6.04. The van der Waals surface area contributed by atoms with Crippen molar-refractivity contribution in [1.29, 1.82) is 0 Å². The molecule has 0 aromatic heterocycles. The van der Waals surface area contributed by atoms with Crippen LogP contribution in [0, 0.1) is 5.92 Å². The SMILES string of the molecule is CC(C)Oc1cc(OC(C)C)c(C(=O)C2CC2)cc1Cl. The van der Waals surface area contributed by atoms with Gasteiger partial charge < -0.3 is 9.47 Å². The van der Waals surface area contributed by atoms with Crippen LogP contribution in [0.2, 0.25) is 5.02 Å². The predicted octanol–water partition coefficient (Wildman–Crippen LogP) is 4.51. The molecule has 0 unspecified atom stereocenters. The Balaban J connectivity index is 2.38. The maximum Gasteiger partial charge on any atom is 0.169 e. The molecule has 0 radical (unpaired) electrons. The highest BCUT2D eigenvalue weighted by Gasteiger charge is 2.33. The van der Waals surface area contributed by atoms with Crippen molar-refractivity contribution >= 4 is 17.4 Å². The van der Waals surface area contributed by atoms with Gasteiger partial charge in [0.05, 0.1) is 22.8 Å². The van der Waals surface area contributed by atoms with E-state index >= 15 is 0 Å². The van der Waals surface area contributed by atoms with Gasteiger partial charge in [0.15, 0.2) is 5.78 Å². The minimum absolute atomic E-state index is 0.00571. The average Bonchev–Trinajstić information content (AvgIpc) is 3.14. The lowest BCUT2D eigenvalue weighted by Gasteiger charge is -2.18. The van der Waals surface area contributed by atoms with E-state index < -0.39 is 0 Å². The molecule has 1 aromatic carbocycles. The topological polar surface area (TPSA) is 35.5 Å². The van der Waals surface area contributed by atoms with Crippen molar-refractivity contribution in [3.63, 3.8) is 0 Å². The second-order valence-corrected chi connectivity index (χ2v) is 6.16. The number of ether oxygens (including phenoxy) is 2. The molecule has 1 aromatic rings. The molecule has 1 aliphatic rings. The van der Waals surface area contributed by atoms with Gasteiger partial charge in [0.25, 0.3) is 0 Å². The summed E-state index contributed by atoms with van der Waals surface area (Å²) >= 11 is 6.22. The summed E-state index contributed by atoms with van der Waals surface area (Å²) in [6.07, 6.45) is 1.93. The number of halogens is 1. The van der Waals surface area contributed by atoms with Crippen molar-refractivity contribution in [2.24, 2.45) is 5.92 Å².